The van der Waals surface area contributed by atoms with E-state index in [0.29, 0.717) is 16.5 Å². The van der Waals surface area contributed by atoms with Crippen LogP contribution in [0.25, 0.3) is 0 Å². The molecule has 0 aliphatic carbocycles. The van der Waals surface area contributed by atoms with Gasteiger partial charge in [0, 0.05) is 18.0 Å². The molecule has 0 unspecified atom stereocenters. The Bertz CT molecular complexity index is 934. The normalized spacial score (nSPS) is 16.8. The summed E-state index contributed by atoms with van der Waals surface area (Å²) < 4.78 is 10.4. The monoisotopic (exact) mass is 430 g/mol. The SMILES string of the molecule is COc1ccc(Cl)cc1N1C[C@@H](C(=O)OCC(=O)N[C@H](C)c2ccccc2)CC1=O. The first kappa shape index (κ1) is 21.6. The van der Waals surface area contributed by atoms with Crippen LogP contribution in [0, 0.1) is 5.92 Å². The van der Waals surface area contributed by atoms with Crippen molar-refractivity contribution in [3.05, 3.63) is 59.1 Å². The molecule has 8 heteroatoms. The number of esters is 1. The highest BCUT2D eigenvalue weighted by molar-refractivity contribution is 6.31. The van der Waals surface area contributed by atoms with Crippen molar-refractivity contribution in [2.75, 3.05) is 25.2 Å². The molecule has 1 aliphatic heterocycles. The third kappa shape index (κ3) is 5.10. The second-order valence-corrected chi connectivity index (χ2v) is 7.47. The Hall–Kier alpha value is -3.06. The van der Waals surface area contributed by atoms with Gasteiger partial charge in [0.05, 0.1) is 24.8 Å². The topological polar surface area (TPSA) is 84.9 Å². The number of carbonyl (C=O) groups excluding carboxylic acids is 3. The Kier molecular flexibility index (Phi) is 6.95. The highest BCUT2D eigenvalue weighted by atomic mass is 35.5. The van der Waals surface area contributed by atoms with Gasteiger partial charge in [-0.1, -0.05) is 41.9 Å². The van der Waals surface area contributed by atoms with Crippen molar-refractivity contribution < 1.29 is 23.9 Å². The number of ether oxygens (including phenoxy) is 2. The third-order valence-electron chi connectivity index (χ3n) is 4.91. The molecule has 7 nitrogen and oxygen atoms in total. The molecule has 1 saturated heterocycles. The Morgan fingerprint density at radius 1 is 1.23 bits per heavy atom. The number of rotatable bonds is 7. The van der Waals surface area contributed by atoms with Crippen LogP contribution >= 0.6 is 11.6 Å². The first-order chi connectivity index (χ1) is 14.4. The van der Waals surface area contributed by atoms with Gasteiger partial charge in [0.2, 0.25) is 5.91 Å². The quantitative estimate of drug-likeness (QED) is 0.682. The molecule has 2 amide bonds. The number of anilines is 1. The third-order valence-corrected chi connectivity index (χ3v) is 5.15. The first-order valence-electron chi connectivity index (χ1n) is 9.54. The molecule has 0 bridgehead atoms. The lowest BCUT2D eigenvalue weighted by atomic mass is 10.1. The summed E-state index contributed by atoms with van der Waals surface area (Å²) in [5.41, 5.74) is 1.45. The lowest BCUT2D eigenvalue weighted by Gasteiger charge is -2.19. The molecule has 0 saturated carbocycles. The molecule has 0 radical (unpaired) electrons. The van der Waals surface area contributed by atoms with Gasteiger partial charge in [-0.25, -0.2) is 0 Å². The number of hydrogen-bond donors (Lipinski definition) is 1. The second-order valence-electron chi connectivity index (χ2n) is 7.03. The predicted molar refractivity (Wildman–Crippen MR) is 112 cm³/mol. The molecule has 3 rings (SSSR count). The van der Waals surface area contributed by atoms with Crippen molar-refractivity contribution in [1.82, 2.24) is 5.32 Å². The molecule has 1 heterocycles. The van der Waals surface area contributed by atoms with Crippen molar-refractivity contribution in [2.24, 2.45) is 5.92 Å². The van der Waals surface area contributed by atoms with Crippen LogP contribution in [-0.2, 0) is 19.1 Å². The molecule has 2 aromatic rings. The predicted octanol–water partition coefficient (Wildman–Crippen LogP) is 3.12. The Morgan fingerprint density at radius 2 is 1.97 bits per heavy atom. The zero-order chi connectivity index (χ0) is 21.7. The molecular formula is C22H23ClN2O5. The fourth-order valence-electron chi connectivity index (χ4n) is 3.34. The maximum atomic E-state index is 12.4. The first-order valence-corrected chi connectivity index (χ1v) is 9.91. The average Bonchev–Trinajstić information content (AvgIpc) is 3.14. The fraction of sp³-hybridized carbons (Fsp3) is 0.318. The lowest BCUT2D eigenvalue weighted by Crippen LogP contribution is -2.32. The van der Waals surface area contributed by atoms with Crippen LogP contribution in [0.1, 0.15) is 24.9 Å². The van der Waals surface area contributed by atoms with Crippen LogP contribution in [0.3, 0.4) is 0 Å². The Labute approximate surface area is 179 Å². The zero-order valence-electron chi connectivity index (χ0n) is 16.8. The average molecular weight is 431 g/mol. The van der Waals surface area contributed by atoms with E-state index in [1.807, 2.05) is 37.3 Å². The van der Waals surface area contributed by atoms with Crippen molar-refractivity contribution in [3.63, 3.8) is 0 Å². The summed E-state index contributed by atoms with van der Waals surface area (Å²) in [6, 6.07) is 14.2. The van der Waals surface area contributed by atoms with E-state index in [1.165, 1.54) is 12.0 Å². The fourth-order valence-corrected chi connectivity index (χ4v) is 3.50. The van der Waals surface area contributed by atoms with Crippen LogP contribution in [-0.4, -0.2) is 38.0 Å². The summed E-state index contributed by atoms with van der Waals surface area (Å²) >= 11 is 6.04. The number of nitrogens with one attached hydrogen (secondary N) is 1. The van der Waals surface area contributed by atoms with Crippen LogP contribution in [0.2, 0.25) is 5.02 Å². The molecule has 1 aliphatic rings. The van der Waals surface area contributed by atoms with E-state index in [2.05, 4.69) is 5.32 Å². The summed E-state index contributed by atoms with van der Waals surface area (Å²) in [7, 11) is 1.49. The van der Waals surface area contributed by atoms with Crippen molar-refractivity contribution in [2.45, 2.75) is 19.4 Å². The van der Waals surface area contributed by atoms with Crippen LogP contribution < -0.4 is 15.0 Å². The molecule has 0 spiro atoms. The summed E-state index contributed by atoms with van der Waals surface area (Å²) in [4.78, 5) is 38.4. The smallest absolute Gasteiger partial charge is 0.311 e. The summed E-state index contributed by atoms with van der Waals surface area (Å²) in [5, 5.41) is 3.23. The maximum Gasteiger partial charge on any atom is 0.311 e. The summed E-state index contributed by atoms with van der Waals surface area (Å²) in [5.74, 6) is -1.41. The van der Waals surface area contributed by atoms with Crippen molar-refractivity contribution in [3.8, 4) is 5.75 Å². The number of amides is 2. The van der Waals surface area contributed by atoms with Gasteiger partial charge < -0.3 is 19.7 Å². The minimum absolute atomic E-state index is 0.00343. The van der Waals surface area contributed by atoms with E-state index in [1.54, 1.807) is 18.2 Å². The minimum atomic E-state index is -0.666. The second kappa shape index (κ2) is 9.63. The van der Waals surface area contributed by atoms with E-state index in [-0.39, 0.29) is 24.9 Å². The van der Waals surface area contributed by atoms with Gasteiger partial charge in [0.25, 0.3) is 5.91 Å². The molecule has 2 aromatic carbocycles. The number of methoxy groups -OCH3 is 1. The molecule has 0 aromatic heterocycles. The maximum absolute atomic E-state index is 12.4. The number of hydrogen-bond acceptors (Lipinski definition) is 5. The van der Waals surface area contributed by atoms with E-state index in [0.717, 1.165) is 5.56 Å². The van der Waals surface area contributed by atoms with E-state index < -0.39 is 24.4 Å². The van der Waals surface area contributed by atoms with Gasteiger partial charge in [-0.3, -0.25) is 14.4 Å². The van der Waals surface area contributed by atoms with Crippen molar-refractivity contribution in [1.29, 1.82) is 0 Å². The Balaban J connectivity index is 1.55. The Morgan fingerprint density at radius 3 is 2.67 bits per heavy atom. The van der Waals surface area contributed by atoms with Gasteiger partial charge in [-0.05, 0) is 30.7 Å². The highest BCUT2D eigenvalue weighted by Gasteiger charge is 2.37. The number of halogens is 1. The largest absolute Gasteiger partial charge is 0.495 e. The lowest BCUT2D eigenvalue weighted by molar-refractivity contribution is -0.152. The molecule has 2 atom stereocenters. The minimum Gasteiger partial charge on any atom is -0.495 e. The van der Waals surface area contributed by atoms with Crippen LogP contribution in [0.4, 0.5) is 5.69 Å². The molecule has 158 valence electrons. The van der Waals surface area contributed by atoms with E-state index >= 15 is 0 Å². The molecule has 1 N–H and O–H groups in total. The summed E-state index contributed by atoms with van der Waals surface area (Å²) in [6.07, 6.45) is -0.00343. The zero-order valence-corrected chi connectivity index (χ0v) is 17.5. The summed E-state index contributed by atoms with van der Waals surface area (Å²) in [6.45, 7) is 1.58. The standard InChI is InChI=1S/C22H23ClN2O5/c1-14(15-6-4-3-5-7-15)24-20(26)13-30-22(28)16-10-21(27)25(12-16)18-11-17(23)8-9-19(18)29-2/h3-9,11,14,16H,10,12-13H2,1-2H3,(H,24,26)/t14-,16+/m1/s1. The van der Waals surface area contributed by atoms with E-state index in [9.17, 15) is 14.4 Å². The van der Waals surface area contributed by atoms with Gasteiger partial charge >= 0.3 is 5.97 Å². The van der Waals surface area contributed by atoms with Gasteiger partial charge in [-0.15, -0.1) is 0 Å². The van der Waals surface area contributed by atoms with Crippen molar-refractivity contribution >= 4 is 35.1 Å². The highest BCUT2D eigenvalue weighted by Crippen LogP contribution is 2.35. The van der Waals surface area contributed by atoms with E-state index in [4.69, 9.17) is 21.1 Å². The molecular weight excluding hydrogens is 408 g/mol. The number of carbonyl (C=O) groups is 3. The molecule has 30 heavy (non-hydrogen) atoms. The van der Waals surface area contributed by atoms with Gasteiger partial charge in [-0.2, -0.15) is 0 Å². The van der Waals surface area contributed by atoms with Crippen LogP contribution in [0.5, 0.6) is 5.75 Å². The number of benzene rings is 2. The van der Waals surface area contributed by atoms with Gasteiger partial charge in [0.15, 0.2) is 6.61 Å². The van der Waals surface area contributed by atoms with Crippen LogP contribution in [0.15, 0.2) is 48.5 Å². The van der Waals surface area contributed by atoms with Gasteiger partial charge in [0.1, 0.15) is 5.75 Å². The number of nitrogens with zero attached hydrogens (tertiary/aromatic N) is 1. The molecule has 1 fully saturated rings.